The van der Waals surface area contributed by atoms with Crippen LogP contribution < -0.4 is 4.72 Å². The number of carbonyl (C=O) groups excluding carboxylic acids is 1. The fraction of sp³-hybridized carbons (Fsp3) is 0.188. The Morgan fingerprint density at radius 1 is 0.952 bits per heavy atom. The van der Waals surface area contributed by atoms with E-state index in [0.717, 1.165) is 11.1 Å². The predicted molar refractivity (Wildman–Crippen MR) is 82.3 cm³/mol. The van der Waals surface area contributed by atoms with Gasteiger partial charge in [-0.1, -0.05) is 42.5 Å². The molecule has 2 aromatic carbocycles. The SMILES string of the molecule is CC(=O)C(C)NS(=O)(=O)c1ccc(-c2ccccc2)cc1. The Bertz CT molecular complexity index is 722. The molecule has 0 saturated heterocycles. The Morgan fingerprint density at radius 3 is 2.00 bits per heavy atom. The van der Waals surface area contributed by atoms with E-state index in [1.165, 1.54) is 26.0 Å². The van der Waals surface area contributed by atoms with Gasteiger partial charge in [0.25, 0.3) is 0 Å². The van der Waals surface area contributed by atoms with Gasteiger partial charge in [0.2, 0.25) is 10.0 Å². The third kappa shape index (κ3) is 3.77. The lowest BCUT2D eigenvalue weighted by atomic mass is 10.1. The number of Topliss-reactive ketones (excluding diaryl/α,β-unsaturated/α-hetero) is 1. The summed E-state index contributed by atoms with van der Waals surface area (Å²) in [6, 6.07) is 15.5. The quantitative estimate of drug-likeness (QED) is 0.923. The monoisotopic (exact) mass is 303 g/mol. The highest BCUT2D eigenvalue weighted by Crippen LogP contribution is 2.21. The van der Waals surface area contributed by atoms with Gasteiger partial charge in [0, 0.05) is 0 Å². The molecule has 0 aliphatic heterocycles. The fourth-order valence-electron chi connectivity index (χ4n) is 1.84. The summed E-state index contributed by atoms with van der Waals surface area (Å²) in [5, 5.41) is 0. The van der Waals surface area contributed by atoms with Crippen molar-refractivity contribution >= 4 is 15.8 Å². The summed E-state index contributed by atoms with van der Waals surface area (Å²) in [6.45, 7) is 2.88. The molecule has 21 heavy (non-hydrogen) atoms. The van der Waals surface area contributed by atoms with Crippen molar-refractivity contribution < 1.29 is 13.2 Å². The molecule has 2 aromatic rings. The number of sulfonamides is 1. The number of hydrogen-bond acceptors (Lipinski definition) is 3. The van der Waals surface area contributed by atoms with Crippen LogP contribution in [0.25, 0.3) is 11.1 Å². The zero-order chi connectivity index (χ0) is 15.5. The first-order valence-corrected chi connectivity index (χ1v) is 8.07. The second-order valence-corrected chi connectivity index (χ2v) is 6.56. The summed E-state index contributed by atoms with van der Waals surface area (Å²) < 4.78 is 26.6. The maximum absolute atomic E-state index is 12.1. The van der Waals surface area contributed by atoms with Crippen molar-refractivity contribution in [3.05, 3.63) is 54.6 Å². The highest BCUT2D eigenvalue weighted by molar-refractivity contribution is 7.89. The highest BCUT2D eigenvalue weighted by Gasteiger charge is 2.19. The first kappa shape index (κ1) is 15.4. The van der Waals surface area contributed by atoms with Crippen molar-refractivity contribution in [3.63, 3.8) is 0 Å². The molecule has 0 saturated carbocycles. The summed E-state index contributed by atoms with van der Waals surface area (Å²) >= 11 is 0. The molecule has 4 nitrogen and oxygen atoms in total. The molecule has 1 N–H and O–H groups in total. The van der Waals surface area contributed by atoms with Gasteiger partial charge in [-0.25, -0.2) is 13.1 Å². The lowest BCUT2D eigenvalue weighted by Crippen LogP contribution is -2.37. The minimum atomic E-state index is -3.67. The topological polar surface area (TPSA) is 63.2 Å². The number of nitrogens with one attached hydrogen (secondary N) is 1. The van der Waals surface area contributed by atoms with Crippen LogP contribution in [0.5, 0.6) is 0 Å². The number of hydrogen-bond donors (Lipinski definition) is 1. The second kappa shape index (κ2) is 6.20. The predicted octanol–water partition coefficient (Wildman–Crippen LogP) is 2.61. The standard InChI is InChI=1S/C16H17NO3S/c1-12(13(2)18)17-21(19,20)16-10-8-15(9-11-16)14-6-4-3-5-7-14/h3-12,17H,1-2H3. The van der Waals surface area contributed by atoms with Crippen LogP contribution in [0.1, 0.15) is 13.8 Å². The molecule has 0 aliphatic rings. The average Bonchev–Trinajstić information content (AvgIpc) is 2.48. The molecular formula is C16H17NO3S. The van der Waals surface area contributed by atoms with E-state index in [9.17, 15) is 13.2 Å². The smallest absolute Gasteiger partial charge is 0.241 e. The van der Waals surface area contributed by atoms with Crippen molar-refractivity contribution in [1.29, 1.82) is 0 Å². The number of rotatable bonds is 5. The van der Waals surface area contributed by atoms with Crippen LogP contribution in [0.4, 0.5) is 0 Å². The summed E-state index contributed by atoms with van der Waals surface area (Å²) in [4.78, 5) is 11.3. The van der Waals surface area contributed by atoms with Crippen LogP contribution >= 0.6 is 0 Å². The molecule has 0 bridgehead atoms. The minimum absolute atomic E-state index is 0.148. The molecule has 0 fully saturated rings. The maximum Gasteiger partial charge on any atom is 0.241 e. The van der Waals surface area contributed by atoms with Crippen molar-refractivity contribution in [2.24, 2.45) is 0 Å². The highest BCUT2D eigenvalue weighted by atomic mass is 32.2. The van der Waals surface area contributed by atoms with Gasteiger partial charge in [-0.2, -0.15) is 0 Å². The number of ketones is 1. The number of carbonyl (C=O) groups is 1. The Kier molecular flexibility index (Phi) is 4.55. The van der Waals surface area contributed by atoms with Crippen molar-refractivity contribution in [2.45, 2.75) is 24.8 Å². The summed E-state index contributed by atoms with van der Waals surface area (Å²) in [7, 11) is -3.67. The Morgan fingerprint density at radius 2 is 1.48 bits per heavy atom. The van der Waals surface area contributed by atoms with Crippen molar-refractivity contribution in [3.8, 4) is 11.1 Å². The van der Waals surface area contributed by atoms with E-state index < -0.39 is 16.1 Å². The van der Waals surface area contributed by atoms with Crippen molar-refractivity contribution in [2.75, 3.05) is 0 Å². The molecule has 0 aliphatic carbocycles. The lowest BCUT2D eigenvalue weighted by molar-refractivity contribution is -0.118. The van der Waals surface area contributed by atoms with Gasteiger partial charge in [-0.15, -0.1) is 0 Å². The van der Waals surface area contributed by atoms with E-state index in [4.69, 9.17) is 0 Å². The van der Waals surface area contributed by atoms with Gasteiger partial charge in [-0.3, -0.25) is 4.79 Å². The van der Waals surface area contributed by atoms with Crippen LogP contribution in [0, 0.1) is 0 Å². The van der Waals surface area contributed by atoms with Gasteiger partial charge in [0.15, 0.2) is 0 Å². The van der Waals surface area contributed by atoms with Gasteiger partial charge >= 0.3 is 0 Å². The normalized spacial score (nSPS) is 12.9. The third-order valence-electron chi connectivity index (χ3n) is 3.21. The Labute approximate surface area is 124 Å². The average molecular weight is 303 g/mol. The fourth-order valence-corrected chi connectivity index (χ4v) is 3.10. The van der Waals surface area contributed by atoms with Crippen LogP contribution in [0.2, 0.25) is 0 Å². The maximum atomic E-state index is 12.1. The minimum Gasteiger partial charge on any atom is -0.298 e. The van der Waals surface area contributed by atoms with E-state index in [2.05, 4.69) is 4.72 Å². The zero-order valence-electron chi connectivity index (χ0n) is 11.9. The first-order valence-electron chi connectivity index (χ1n) is 6.58. The molecule has 5 heteroatoms. The Balaban J connectivity index is 2.25. The molecule has 2 rings (SSSR count). The van der Waals surface area contributed by atoms with Gasteiger partial charge < -0.3 is 0 Å². The molecule has 1 unspecified atom stereocenters. The van der Waals surface area contributed by atoms with E-state index in [-0.39, 0.29) is 10.7 Å². The molecule has 110 valence electrons. The molecule has 0 aromatic heterocycles. The van der Waals surface area contributed by atoms with E-state index in [0.29, 0.717) is 0 Å². The van der Waals surface area contributed by atoms with Crippen LogP contribution in [-0.2, 0) is 14.8 Å². The molecule has 0 spiro atoms. The molecule has 0 heterocycles. The van der Waals surface area contributed by atoms with Crippen LogP contribution in [-0.4, -0.2) is 20.2 Å². The first-order chi connectivity index (χ1) is 9.90. The molecule has 0 radical (unpaired) electrons. The second-order valence-electron chi connectivity index (χ2n) is 4.84. The third-order valence-corrected chi connectivity index (χ3v) is 4.77. The van der Waals surface area contributed by atoms with E-state index >= 15 is 0 Å². The van der Waals surface area contributed by atoms with Crippen LogP contribution in [0.15, 0.2) is 59.5 Å². The van der Waals surface area contributed by atoms with Gasteiger partial charge in [0.05, 0.1) is 10.9 Å². The van der Waals surface area contributed by atoms with E-state index in [1.807, 2.05) is 30.3 Å². The van der Waals surface area contributed by atoms with E-state index in [1.54, 1.807) is 12.1 Å². The number of benzene rings is 2. The van der Waals surface area contributed by atoms with Gasteiger partial charge in [0.1, 0.15) is 5.78 Å². The zero-order valence-corrected chi connectivity index (χ0v) is 12.7. The molecular weight excluding hydrogens is 286 g/mol. The largest absolute Gasteiger partial charge is 0.298 e. The molecule has 1 atom stereocenters. The molecule has 0 amide bonds. The lowest BCUT2D eigenvalue weighted by Gasteiger charge is -2.11. The van der Waals surface area contributed by atoms with Crippen LogP contribution in [0.3, 0.4) is 0 Å². The van der Waals surface area contributed by atoms with Gasteiger partial charge in [-0.05, 0) is 37.1 Å². The summed E-state index contributed by atoms with van der Waals surface area (Å²) in [5.74, 6) is -0.223. The summed E-state index contributed by atoms with van der Waals surface area (Å²) in [5.41, 5.74) is 1.96. The summed E-state index contributed by atoms with van der Waals surface area (Å²) in [6.07, 6.45) is 0. The Hall–Kier alpha value is -1.98. The van der Waals surface area contributed by atoms with Crippen molar-refractivity contribution in [1.82, 2.24) is 4.72 Å².